The zero-order chi connectivity index (χ0) is 18.4. The summed E-state index contributed by atoms with van der Waals surface area (Å²) in [4.78, 5) is 19.2. The van der Waals surface area contributed by atoms with Crippen LogP contribution in [0.4, 0.5) is 10.5 Å². The zero-order valence-corrected chi connectivity index (χ0v) is 15.6. The van der Waals surface area contributed by atoms with Crippen molar-refractivity contribution in [1.82, 2.24) is 19.7 Å². The lowest BCUT2D eigenvalue weighted by Crippen LogP contribution is -2.30. The van der Waals surface area contributed by atoms with Gasteiger partial charge in [-0.05, 0) is 25.1 Å². The van der Waals surface area contributed by atoms with E-state index < -0.39 is 0 Å². The van der Waals surface area contributed by atoms with Gasteiger partial charge in [0, 0.05) is 42.3 Å². The van der Waals surface area contributed by atoms with Crippen LogP contribution >= 0.6 is 11.3 Å². The van der Waals surface area contributed by atoms with Gasteiger partial charge in [0.25, 0.3) is 0 Å². The predicted octanol–water partition coefficient (Wildman–Crippen LogP) is 3.39. The highest BCUT2D eigenvalue weighted by molar-refractivity contribution is 7.11. The fraction of sp³-hybridized carbons (Fsp3) is 0.278. The predicted molar refractivity (Wildman–Crippen MR) is 102 cm³/mol. The molecule has 2 amide bonds. The van der Waals surface area contributed by atoms with Gasteiger partial charge in [0.2, 0.25) is 0 Å². The number of anilines is 1. The number of nitrogens with zero attached hydrogens (tertiary/aromatic N) is 4. The van der Waals surface area contributed by atoms with E-state index in [9.17, 15) is 4.79 Å². The highest BCUT2D eigenvalue weighted by atomic mass is 32.1. The highest BCUT2D eigenvalue weighted by Crippen LogP contribution is 2.19. The minimum absolute atomic E-state index is 0.176. The second-order valence-corrected chi connectivity index (χ2v) is 7.10. The van der Waals surface area contributed by atoms with Gasteiger partial charge in [0.1, 0.15) is 12.4 Å². The molecular formula is C18H21N5O2S. The van der Waals surface area contributed by atoms with Gasteiger partial charge in [-0.3, -0.25) is 4.68 Å². The van der Waals surface area contributed by atoms with Crippen LogP contribution in [-0.2, 0) is 13.1 Å². The number of benzene rings is 1. The molecule has 0 spiro atoms. The van der Waals surface area contributed by atoms with Gasteiger partial charge in [-0.2, -0.15) is 5.10 Å². The first-order chi connectivity index (χ1) is 12.6. The number of amides is 2. The lowest BCUT2D eigenvalue weighted by Gasteiger charge is -2.17. The Morgan fingerprint density at radius 1 is 1.38 bits per heavy atom. The summed E-state index contributed by atoms with van der Waals surface area (Å²) in [7, 11) is 1.76. The van der Waals surface area contributed by atoms with Crippen molar-refractivity contribution in [2.75, 3.05) is 19.0 Å². The van der Waals surface area contributed by atoms with E-state index in [0.29, 0.717) is 31.1 Å². The number of hydrogen-bond donors (Lipinski definition) is 1. The van der Waals surface area contributed by atoms with Crippen molar-refractivity contribution in [2.24, 2.45) is 0 Å². The van der Waals surface area contributed by atoms with Crippen LogP contribution < -0.4 is 10.1 Å². The third-order valence-electron chi connectivity index (χ3n) is 3.64. The minimum atomic E-state index is -0.176. The summed E-state index contributed by atoms with van der Waals surface area (Å²) in [6.45, 7) is 3.65. The number of nitrogens with one attached hydrogen (secondary N) is 1. The van der Waals surface area contributed by atoms with Gasteiger partial charge in [0.05, 0.1) is 18.1 Å². The van der Waals surface area contributed by atoms with E-state index in [1.807, 2.05) is 48.1 Å². The number of carbonyl (C=O) groups is 1. The van der Waals surface area contributed by atoms with E-state index in [4.69, 9.17) is 4.74 Å². The molecular weight excluding hydrogens is 350 g/mol. The Labute approximate surface area is 156 Å². The first-order valence-electron chi connectivity index (χ1n) is 8.24. The average molecular weight is 371 g/mol. The van der Waals surface area contributed by atoms with Crippen LogP contribution in [0, 0.1) is 6.92 Å². The van der Waals surface area contributed by atoms with E-state index in [2.05, 4.69) is 15.4 Å². The van der Waals surface area contributed by atoms with Gasteiger partial charge in [0.15, 0.2) is 0 Å². The standard InChI is InChI=1S/C18H21N5O2S/c1-14-19-12-17(26-14)13-22(2)18(24)21-15-5-3-6-16(11-15)25-10-9-23-8-4-7-20-23/h3-8,11-12H,9-10,13H2,1-2H3,(H,21,24). The maximum absolute atomic E-state index is 12.4. The van der Waals surface area contributed by atoms with Crippen molar-refractivity contribution in [3.05, 3.63) is 58.8 Å². The summed E-state index contributed by atoms with van der Waals surface area (Å²) in [5, 5.41) is 8.01. The van der Waals surface area contributed by atoms with Crippen LogP contribution in [0.2, 0.25) is 0 Å². The number of thiazole rings is 1. The van der Waals surface area contributed by atoms with Crippen LogP contribution in [0.15, 0.2) is 48.9 Å². The van der Waals surface area contributed by atoms with Crippen LogP contribution in [0.5, 0.6) is 5.75 Å². The van der Waals surface area contributed by atoms with Crippen molar-refractivity contribution >= 4 is 23.1 Å². The van der Waals surface area contributed by atoms with Crippen LogP contribution in [0.1, 0.15) is 9.88 Å². The fourth-order valence-electron chi connectivity index (χ4n) is 2.36. The number of hydrogen-bond acceptors (Lipinski definition) is 5. The quantitative estimate of drug-likeness (QED) is 0.691. The van der Waals surface area contributed by atoms with Crippen molar-refractivity contribution in [2.45, 2.75) is 20.0 Å². The van der Waals surface area contributed by atoms with Crippen molar-refractivity contribution in [1.29, 1.82) is 0 Å². The van der Waals surface area contributed by atoms with Crippen LogP contribution in [0.25, 0.3) is 0 Å². The number of aromatic nitrogens is 3. The molecule has 0 aliphatic heterocycles. The van der Waals surface area contributed by atoms with E-state index in [1.54, 1.807) is 35.7 Å². The molecule has 1 aromatic carbocycles. The molecule has 0 aliphatic carbocycles. The molecule has 0 radical (unpaired) electrons. The third kappa shape index (κ3) is 5.06. The fourth-order valence-corrected chi connectivity index (χ4v) is 3.20. The summed E-state index contributed by atoms with van der Waals surface area (Å²) >= 11 is 1.59. The van der Waals surface area contributed by atoms with E-state index in [1.165, 1.54) is 0 Å². The number of ether oxygens (including phenoxy) is 1. The molecule has 3 rings (SSSR count). The number of rotatable bonds is 7. The molecule has 0 unspecified atom stereocenters. The molecule has 0 bridgehead atoms. The SMILES string of the molecule is Cc1ncc(CN(C)C(=O)Nc2cccc(OCCn3cccn3)c2)s1. The van der Waals surface area contributed by atoms with E-state index in [-0.39, 0.29) is 6.03 Å². The molecule has 0 fully saturated rings. The first-order valence-corrected chi connectivity index (χ1v) is 9.05. The lowest BCUT2D eigenvalue weighted by molar-refractivity contribution is 0.221. The smallest absolute Gasteiger partial charge is 0.321 e. The third-order valence-corrected chi connectivity index (χ3v) is 4.54. The molecule has 2 heterocycles. The summed E-state index contributed by atoms with van der Waals surface area (Å²) in [6.07, 6.45) is 5.43. The van der Waals surface area contributed by atoms with Crippen molar-refractivity contribution in [3.8, 4) is 5.75 Å². The van der Waals surface area contributed by atoms with Gasteiger partial charge in [-0.25, -0.2) is 9.78 Å². The van der Waals surface area contributed by atoms with Crippen LogP contribution in [0.3, 0.4) is 0 Å². The molecule has 3 aromatic rings. The lowest BCUT2D eigenvalue weighted by atomic mass is 10.3. The summed E-state index contributed by atoms with van der Waals surface area (Å²) in [6, 6.07) is 9.06. The van der Waals surface area contributed by atoms with E-state index in [0.717, 1.165) is 9.88 Å². The summed E-state index contributed by atoms with van der Waals surface area (Å²) < 4.78 is 7.54. The molecule has 136 valence electrons. The molecule has 7 nitrogen and oxygen atoms in total. The zero-order valence-electron chi connectivity index (χ0n) is 14.8. The first kappa shape index (κ1) is 17.9. The molecule has 1 N–H and O–H groups in total. The summed E-state index contributed by atoms with van der Waals surface area (Å²) in [5.74, 6) is 0.704. The van der Waals surface area contributed by atoms with Gasteiger partial charge in [-0.15, -0.1) is 11.3 Å². The average Bonchev–Trinajstić information content (AvgIpc) is 3.27. The van der Waals surface area contributed by atoms with Gasteiger partial charge < -0.3 is 15.0 Å². The van der Waals surface area contributed by atoms with Gasteiger partial charge >= 0.3 is 6.03 Å². The maximum Gasteiger partial charge on any atom is 0.321 e. The highest BCUT2D eigenvalue weighted by Gasteiger charge is 2.11. The van der Waals surface area contributed by atoms with Crippen molar-refractivity contribution < 1.29 is 9.53 Å². The largest absolute Gasteiger partial charge is 0.492 e. The number of urea groups is 1. The monoisotopic (exact) mass is 371 g/mol. The Bertz CT molecular complexity index is 847. The topological polar surface area (TPSA) is 72.3 Å². The minimum Gasteiger partial charge on any atom is -0.492 e. The van der Waals surface area contributed by atoms with E-state index >= 15 is 0 Å². The van der Waals surface area contributed by atoms with Crippen molar-refractivity contribution in [3.63, 3.8) is 0 Å². The maximum atomic E-state index is 12.4. The molecule has 0 aliphatic rings. The normalized spacial score (nSPS) is 10.5. The Kier molecular flexibility index (Phi) is 5.85. The molecule has 0 saturated carbocycles. The number of aryl methyl sites for hydroxylation is 1. The molecule has 0 saturated heterocycles. The summed E-state index contributed by atoms with van der Waals surface area (Å²) in [5.41, 5.74) is 0.693. The van der Waals surface area contributed by atoms with Crippen LogP contribution in [-0.4, -0.2) is 39.4 Å². The molecule has 8 heteroatoms. The molecule has 26 heavy (non-hydrogen) atoms. The second-order valence-electron chi connectivity index (χ2n) is 5.78. The Morgan fingerprint density at radius 3 is 3.00 bits per heavy atom. The molecule has 0 atom stereocenters. The second kappa shape index (κ2) is 8.48. The molecule has 2 aromatic heterocycles. The Hall–Kier alpha value is -2.87. The number of carbonyl (C=O) groups excluding carboxylic acids is 1. The Balaban J connectivity index is 1.51. The Morgan fingerprint density at radius 2 is 2.27 bits per heavy atom. The van der Waals surface area contributed by atoms with Gasteiger partial charge in [-0.1, -0.05) is 6.07 Å².